The Labute approximate surface area is 227 Å². The molecule has 0 aromatic rings. The number of rotatable bonds is 21. The molecular weight excluding hydrogens is 635 g/mol. The summed E-state index contributed by atoms with van der Waals surface area (Å²) in [7, 11) is 0. The summed E-state index contributed by atoms with van der Waals surface area (Å²) in [4.78, 5) is 10.1. The predicted octanol–water partition coefficient (Wildman–Crippen LogP) is 9.04. The van der Waals surface area contributed by atoms with Crippen molar-refractivity contribution in [3.63, 3.8) is 0 Å². The molecule has 0 aromatic heterocycles. The van der Waals surface area contributed by atoms with Gasteiger partial charge in [-0.05, 0) is 6.42 Å². The maximum Gasteiger partial charge on any atom is 0.410 e. The third kappa shape index (κ3) is 7.13. The van der Waals surface area contributed by atoms with Crippen molar-refractivity contribution in [2.75, 3.05) is 13.2 Å². The Morgan fingerprint density at radius 3 is 1.33 bits per heavy atom. The van der Waals surface area contributed by atoms with Gasteiger partial charge in [0.15, 0.2) is 6.17 Å². The number of carboxylic acids is 1. The van der Waals surface area contributed by atoms with E-state index >= 15 is 0 Å². The maximum absolute atomic E-state index is 13.9. The van der Waals surface area contributed by atoms with Gasteiger partial charge in [0.05, 0.1) is 0 Å². The number of aliphatic carboxylic acids is 1. The molecule has 1 unspecified atom stereocenters. The molecule has 0 aromatic carbocycles. The monoisotopic (exact) mass is 662 g/mol. The summed E-state index contributed by atoms with van der Waals surface area (Å²) >= 11 is 0. The number of carbonyl (C=O) groups is 1. The fourth-order valence-corrected chi connectivity index (χ4v) is 3.33. The quantitative estimate of drug-likeness (QED) is 0.0986. The van der Waals surface area contributed by atoms with Crippen LogP contribution in [-0.4, -0.2) is 77.8 Å². The molecule has 0 saturated heterocycles. The molecule has 3 nitrogen and oxygen atoms in total. The molecule has 20 heteroatoms. The smallest absolute Gasteiger partial charge is 0.410 e. The van der Waals surface area contributed by atoms with Gasteiger partial charge in [-0.2, -0.15) is 70.2 Å². The van der Waals surface area contributed by atoms with Crippen LogP contribution in [-0.2, 0) is 9.53 Å². The Balaban J connectivity index is 5.70. The van der Waals surface area contributed by atoms with E-state index in [1.807, 2.05) is 6.92 Å². The topological polar surface area (TPSA) is 46.5 Å². The zero-order valence-electron chi connectivity index (χ0n) is 21.5. The fourth-order valence-electron chi connectivity index (χ4n) is 3.33. The lowest BCUT2D eigenvalue weighted by Crippen LogP contribution is -2.75. The van der Waals surface area contributed by atoms with Crippen LogP contribution in [0.5, 0.6) is 0 Å². The summed E-state index contributed by atoms with van der Waals surface area (Å²) in [6, 6.07) is 0. The molecule has 1 N–H and O–H groups in total. The Bertz CT molecular complexity index is 861. The van der Waals surface area contributed by atoms with Crippen molar-refractivity contribution in [1.82, 2.24) is 0 Å². The molecule has 0 fully saturated rings. The van der Waals surface area contributed by atoms with Gasteiger partial charge in [-0.15, -0.1) is 0 Å². The summed E-state index contributed by atoms with van der Waals surface area (Å²) in [5, 5.41) is 7.83. The second kappa shape index (κ2) is 13.9. The number of hydrogen-bond donors (Lipinski definition) is 1. The van der Waals surface area contributed by atoms with E-state index in [9.17, 15) is 79.4 Å². The summed E-state index contributed by atoms with van der Waals surface area (Å²) in [5.74, 6) is -69.8. The van der Waals surface area contributed by atoms with Gasteiger partial charge in [0.2, 0.25) is 0 Å². The molecule has 1 atom stereocenters. The van der Waals surface area contributed by atoms with Crippen molar-refractivity contribution in [3.05, 3.63) is 0 Å². The molecule has 42 heavy (non-hydrogen) atoms. The van der Waals surface area contributed by atoms with E-state index in [0.29, 0.717) is 12.8 Å². The van der Waals surface area contributed by atoms with E-state index in [0.717, 1.165) is 32.1 Å². The first-order valence-corrected chi connectivity index (χ1v) is 12.2. The first kappa shape index (κ1) is 40.2. The molecule has 0 spiro atoms. The lowest BCUT2D eigenvalue weighted by atomic mass is 9.86. The number of alkyl halides is 17. The summed E-state index contributed by atoms with van der Waals surface area (Å²) in [6.45, 7) is 0.448. The van der Waals surface area contributed by atoms with Crippen molar-refractivity contribution < 1.29 is 89.3 Å². The number of carboxylic acid groups (broad SMARTS) is 1. The molecule has 0 aliphatic carbocycles. The van der Waals surface area contributed by atoms with Crippen LogP contribution < -0.4 is 0 Å². The van der Waals surface area contributed by atoms with E-state index in [4.69, 9.17) is 5.11 Å². The minimum Gasteiger partial charge on any atom is -0.477 e. The van der Waals surface area contributed by atoms with Gasteiger partial charge in [0, 0.05) is 19.6 Å². The highest BCUT2D eigenvalue weighted by atomic mass is 19.4. The average molecular weight is 662 g/mol. The first-order valence-electron chi connectivity index (χ1n) is 12.2. The minimum absolute atomic E-state index is 0.233. The second-order valence-corrected chi connectivity index (χ2v) is 9.29. The third-order valence-electron chi connectivity index (χ3n) is 6.10. The minimum atomic E-state index is -8.77. The Morgan fingerprint density at radius 2 is 0.929 bits per heavy atom. The first-order chi connectivity index (χ1) is 18.7. The summed E-state index contributed by atoms with van der Waals surface area (Å²) in [5.41, 5.74) is 0. The summed E-state index contributed by atoms with van der Waals surface area (Å²) in [6.07, 6.45) is -0.422. The molecule has 0 radical (unpaired) electrons. The predicted molar refractivity (Wildman–Crippen MR) is 110 cm³/mol. The van der Waals surface area contributed by atoms with E-state index in [2.05, 4.69) is 4.74 Å². The average Bonchev–Trinajstić information content (AvgIpc) is 2.85. The van der Waals surface area contributed by atoms with Crippen LogP contribution >= 0.6 is 0 Å². The maximum atomic E-state index is 13.9. The normalized spacial score (nSPS) is 15.7. The SMILES string of the molecule is CCCCCCCCCCOCCC(F)C(F)(F)C(F)(F)C(F)(F)C(F)(F)C(F)(F)C(F)(F)C(F)(F)C(F)(F)C(=O)O. The van der Waals surface area contributed by atoms with Crippen LogP contribution in [0.3, 0.4) is 0 Å². The molecular formula is C22H27F17O3. The van der Waals surface area contributed by atoms with Gasteiger partial charge in [-0.3, -0.25) is 0 Å². The molecule has 0 aliphatic heterocycles. The standard InChI is InChI=1S/C22H27F17O3/c1-2-3-4-5-6-7-8-9-11-42-12-10-13(23)15(24,25)17(28,29)19(32,33)21(36,37)22(38,39)20(34,35)18(30,31)16(26,27)14(40)41/h13H,2-12H2,1H3,(H,40,41). The fraction of sp³-hybridized carbons (Fsp3) is 0.955. The van der Waals surface area contributed by atoms with Gasteiger partial charge in [-0.1, -0.05) is 51.9 Å². The van der Waals surface area contributed by atoms with Crippen molar-refractivity contribution >= 4 is 5.97 Å². The molecule has 0 bridgehead atoms. The van der Waals surface area contributed by atoms with Gasteiger partial charge in [0.1, 0.15) is 0 Å². The summed E-state index contributed by atoms with van der Waals surface area (Å²) < 4.78 is 236. The highest BCUT2D eigenvalue weighted by Gasteiger charge is 2.95. The number of unbranched alkanes of at least 4 members (excludes halogenated alkanes) is 7. The van der Waals surface area contributed by atoms with Crippen LogP contribution in [0.4, 0.5) is 74.6 Å². The van der Waals surface area contributed by atoms with Crippen LogP contribution in [0.15, 0.2) is 0 Å². The van der Waals surface area contributed by atoms with Crippen molar-refractivity contribution in [3.8, 4) is 0 Å². The highest BCUT2D eigenvalue weighted by Crippen LogP contribution is 2.64. The Hall–Kier alpha value is -1.76. The Kier molecular flexibility index (Phi) is 13.3. The third-order valence-corrected chi connectivity index (χ3v) is 6.10. The largest absolute Gasteiger partial charge is 0.477 e. The number of ether oxygens (including phenoxy) is 1. The Morgan fingerprint density at radius 1 is 0.571 bits per heavy atom. The van der Waals surface area contributed by atoms with Gasteiger partial charge >= 0.3 is 53.3 Å². The number of hydrogen-bond acceptors (Lipinski definition) is 2. The zero-order valence-corrected chi connectivity index (χ0v) is 21.5. The molecule has 0 aliphatic rings. The van der Waals surface area contributed by atoms with Gasteiger partial charge in [-0.25, -0.2) is 9.18 Å². The van der Waals surface area contributed by atoms with Crippen LogP contribution in [0.1, 0.15) is 64.7 Å². The molecule has 0 amide bonds. The van der Waals surface area contributed by atoms with E-state index in [1.165, 1.54) is 0 Å². The lowest BCUT2D eigenvalue weighted by Gasteiger charge is -2.43. The van der Waals surface area contributed by atoms with E-state index < -0.39 is 72.5 Å². The van der Waals surface area contributed by atoms with Crippen LogP contribution in [0.25, 0.3) is 0 Å². The molecule has 0 saturated carbocycles. The van der Waals surface area contributed by atoms with Crippen molar-refractivity contribution in [1.29, 1.82) is 0 Å². The lowest BCUT2D eigenvalue weighted by molar-refractivity contribution is -0.453. The highest BCUT2D eigenvalue weighted by molar-refractivity contribution is 5.77. The molecule has 0 heterocycles. The van der Waals surface area contributed by atoms with Gasteiger partial charge in [0.25, 0.3) is 0 Å². The second-order valence-electron chi connectivity index (χ2n) is 9.29. The van der Waals surface area contributed by atoms with Crippen molar-refractivity contribution in [2.45, 2.75) is 118 Å². The number of halogens is 17. The van der Waals surface area contributed by atoms with Crippen LogP contribution in [0, 0.1) is 0 Å². The van der Waals surface area contributed by atoms with Gasteiger partial charge < -0.3 is 9.84 Å². The van der Waals surface area contributed by atoms with Crippen molar-refractivity contribution in [2.24, 2.45) is 0 Å². The van der Waals surface area contributed by atoms with E-state index in [-0.39, 0.29) is 13.0 Å². The molecule has 0 rings (SSSR count). The van der Waals surface area contributed by atoms with Crippen LogP contribution in [0.2, 0.25) is 0 Å². The zero-order chi connectivity index (χ0) is 33.6. The molecule has 252 valence electrons. The van der Waals surface area contributed by atoms with E-state index in [1.54, 1.807) is 0 Å².